The summed E-state index contributed by atoms with van der Waals surface area (Å²) in [6.07, 6.45) is -2.58. The van der Waals surface area contributed by atoms with Crippen LogP contribution in [0.5, 0.6) is 5.88 Å². The lowest BCUT2D eigenvalue weighted by atomic mass is 10.1. The Balaban J connectivity index is 3.28. The van der Waals surface area contributed by atoms with Crippen molar-refractivity contribution < 1.29 is 13.5 Å². The number of methoxy groups -OCH3 is 1. The van der Waals surface area contributed by atoms with Crippen molar-refractivity contribution in [1.29, 1.82) is 0 Å². The minimum absolute atomic E-state index is 0.0112. The van der Waals surface area contributed by atoms with E-state index in [0.717, 1.165) is 0 Å². The summed E-state index contributed by atoms with van der Waals surface area (Å²) < 4.78 is 30.2. The molecule has 0 aromatic carbocycles. The van der Waals surface area contributed by atoms with Crippen molar-refractivity contribution in [3.63, 3.8) is 0 Å². The topological polar surface area (TPSA) is 48.1 Å². The van der Waals surface area contributed by atoms with Gasteiger partial charge < -0.3 is 10.5 Å². The zero-order valence-electron chi connectivity index (χ0n) is 7.43. The van der Waals surface area contributed by atoms with Gasteiger partial charge in [0.05, 0.1) is 7.11 Å². The molecule has 0 aliphatic heterocycles. The van der Waals surface area contributed by atoms with Gasteiger partial charge in [-0.25, -0.2) is 13.8 Å². The highest BCUT2D eigenvalue weighted by Gasteiger charge is 2.17. The Morgan fingerprint density at radius 2 is 2.29 bits per heavy atom. The molecule has 1 rings (SSSR count). The molecule has 0 bridgehead atoms. The van der Waals surface area contributed by atoms with Crippen LogP contribution in [-0.4, -0.2) is 12.1 Å². The van der Waals surface area contributed by atoms with E-state index in [4.69, 9.17) is 10.5 Å². The summed E-state index contributed by atoms with van der Waals surface area (Å²) >= 11 is 3.06. The molecule has 0 saturated heterocycles. The molecule has 0 atom stereocenters. The summed E-state index contributed by atoms with van der Waals surface area (Å²) in [6, 6.07) is 1.19. The Bertz CT molecular complexity index is 333. The Kier molecular flexibility index (Phi) is 3.77. The summed E-state index contributed by atoms with van der Waals surface area (Å²) in [7, 11) is 1.37. The molecule has 14 heavy (non-hydrogen) atoms. The van der Waals surface area contributed by atoms with Gasteiger partial charge in [0.2, 0.25) is 5.88 Å². The molecule has 1 aromatic heterocycles. The van der Waals surface area contributed by atoms with Crippen LogP contribution >= 0.6 is 15.9 Å². The number of rotatable bonds is 3. The maximum atomic E-state index is 12.6. The fourth-order valence-corrected chi connectivity index (χ4v) is 1.60. The van der Waals surface area contributed by atoms with E-state index in [0.29, 0.717) is 10.2 Å². The van der Waals surface area contributed by atoms with Gasteiger partial charge in [-0.1, -0.05) is 0 Å². The Labute approximate surface area is 88.4 Å². The normalized spacial score (nSPS) is 10.7. The highest BCUT2D eigenvalue weighted by Crippen LogP contribution is 2.30. The second-order valence-electron chi connectivity index (χ2n) is 2.53. The highest BCUT2D eigenvalue weighted by molar-refractivity contribution is 9.10. The maximum absolute atomic E-state index is 12.6. The first-order chi connectivity index (χ1) is 6.60. The van der Waals surface area contributed by atoms with Crippen LogP contribution in [0.15, 0.2) is 10.7 Å². The summed E-state index contributed by atoms with van der Waals surface area (Å²) in [4.78, 5) is 3.89. The molecule has 0 radical (unpaired) electrons. The zero-order chi connectivity index (χ0) is 10.7. The first-order valence-corrected chi connectivity index (χ1v) is 4.61. The third kappa shape index (κ3) is 2.19. The molecule has 6 heteroatoms. The van der Waals surface area contributed by atoms with Crippen LogP contribution in [0.4, 0.5) is 8.78 Å². The van der Waals surface area contributed by atoms with Gasteiger partial charge in [-0.3, -0.25) is 0 Å². The van der Waals surface area contributed by atoms with E-state index in [-0.39, 0.29) is 18.0 Å². The number of hydrogen-bond acceptors (Lipinski definition) is 3. The van der Waals surface area contributed by atoms with E-state index < -0.39 is 6.43 Å². The molecule has 3 nitrogen and oxygen atoms in total. The minimum atomic E-state index is -2.58. The molecule has 0 aliphatic rings. The third-order valence-electron chi connectivity index (χ3n) is 1.73. The monoisotopic (exact) mass is 266 g/mol. The van der Waals surface area contributed by atoms with Gasteiger partial charge in [0, 0.05) is 23.7 Å². The van der Waals surface area contributed by atoms with Gasteiger partial charge in [-0.15, -0.1) is 0 Å². The number of ether oxygens (including phenoxy) is 1. The quantitative estimate of drug-likeness (QED) is 0.854. The van der Waals surface area contributed by atoms with E-state index in [1.54, 1.807) is 0 Å². The molecule has 78 valence electrons. The van der Waals surface area contributed by atoms with Crippen molar-refractivity contribution in [3.8, 4) is 5.88 Å². The van der Waals surface area contributed by atoms with Crippen LogP contribution in [0.3, 0.4) is 0 Å². The lowest BCUT2D eigenvalue weighted by Gasteiger charge is -2.10. The number of nitrogens with two attached hydrogens (primary N) is 1. The molecule has 1 aromatic rings. The third-order valence-corrected chi connectivity index (χ3v) is 2.39. The molecule has 0 fully saturated rings. The standard InChI is InChI=1S/C8H9BrF2N2O/c1-14-6-2-4(8(10)11)5(3-12)7(9)13-6/h2,8H,3,12H2,1H3. The lowest BCUT2D eigenvalue weighted by Crippen LogP contribution is -2.05. The van der Waals surface area contributed by atoms with Crippen molar-refractivity contribution in [1.82, 2.24) is 4.98 Å². The van der Waals surface area contributed by atoms with E-state index >= 15 is 0 Å². The van der Waals surface area contributed by atoms with Crippen LogP contribution in [-0.2, 0) is 6.54 Å². The number of hydrogen-bond donors (Lipinski definition) is 1. The SMILES string of the molecule is COc1cc(C(F)F)c(CN)c(Br)n1. The van der Waals surface area contributed by atoms with E-state index in [9.17, 15) is 8.78 Å². The fraction of sp³-hybridized carbons (Fsp3) is 0.375. The summed E-state index contributed by atoms with van der Waals surface area (Å²) in [5, 5.41) is 0. The Morgan fingerprint density at radius 1 is 1.64 bits per heavy atom. The minimum Gasteiger partial charge on any atom is -0.481 e. The summed E-state index contributed by atoms with van der Waals surface area (Å²) in [5.74, 6) is 0.143. The molecule has 0 saturated carbocycles. The second kappa shape index (κ2) is 4.65. The Morgan fingerprint density at radius 3 is 2.71 bits per heavy atom. The summed E-state index contributed by atoms with van der Waals surface area (Å²) in [6.45, 7) is 0.0112. The van der Waals surface area contributed by atoms with Crippen LogP contribution < -0.4 is 10.5 Å². The van der Waals surface area contributed by atoms with Crippen LogP contribution in [0.1, 0.15) is 17.6 Å². The Hall–Kier alpha value is -0.750. The van der Waals surface area contributed by atoms with Gasteiger partial charge in [-0.05, 0) is 15.9 Å². The lowest BCUT2D eigenvalue weighted by molar-refractivity contribution is 0.149. The molecule has 0 aliphatic carbocycles. The number of alkyl halides is 2. The predicted molar refractivity (Wildman–Crippen MR) is 51.3 cm³/mol. The fourth-order valence-electron chi connectivity index (χ4n) is 1.04. The second-order valence-corrected chi connectivity index (χ2v) is 3.28. The molecular formula is C8H9BrF2N2O. The van der Waals surface area contributed by atoms with Crippen LogP contribution in [0, 0.1) is 0 Å². The molecule has 0 amide bonds. The molecule has 0 spiro atoms. The predicted octanol–water partition coefficient (Wildman–Crippen LogP) is 2.25. The number of pyridine rings is 1. The maximum Gasteiger partial charge on any atom is 0.264 e. The van der Waals surface area contributed by atoms with E-state index in [1.165, 1.54) is 13.2 Å². The van der Waals surface area contributed by atoms with Gasteiger partial charge in [0.15, 0.2) is 0 Å². The van der Waals surface area contributed by atoms with Crippen molar-refractivity contribution in [3.05, 3.63) is 21.8 Å². The largest absolute Gasteiger partial charge is 0.481 e. The van der Waals surface area contributed by atoms with Crippen LogP contribution in [0.25, 0.3) is 0 Å². The summed E-state index contributed by atoms with van der Waals surface area (Å²) in [5.41, 5.74) is 5.50. The van der Waals surface area contributed by atoms with Crippen LogP contribution in [0.2, 0.25) is 0 Å². The first kappa shape index (κ1) is 11.3. The van der Waals surface area contributed by atoms with Crippen molar-refractivity contribution >= 4 is 15.9 Å². The molecule has 2 N–H and O–H groups in total. The number of nitrogens with zero attached hydrogens (tertiary/aromatic N) is 1. The molecule has 0 unspecified atom stereocenters. The molecular weight excluding hydrogens is 258 g/mol. The van der Waals surface area contributed by atoms with Crippen molar-refractivity contribution in [2.45, 2.75) is 13.0 Å². The van der Waals surface area contributed by atoms with Gasteiger partial charge in [-0.2, -0.15) is 0 Å². The van der Waals surface area contributed by atoms with Crippen molar-refractivity contribution in [2.75, 3.05) is 7.11 Å². The van der Waals surface area contributed by atoms with Gasteiger partial charge in [0.25, 0.3) is 6.43 Å². The highest BCUT2D eigenvalue weighted by atomic mass is 79.9. The smallest absolute Gasteiger partial charge is 0.264 e. The van der Waals surface area contributed by atoms with Gasteiger partial charge in [0.1, 0.15) is 4.60 Å². The first-order valence-electron chi connectivity index (χ1n) is 3.81. The number of aromatic nitrogens is 1. The number of halogens is 3. The van der Waals surface area contributed by atoms with Crippen molar-refractivity contribution in [2.24, 2.45) is 5.73 Å². The zero-order valence-corrected chi connectivity index (χ0v) is 9.01. The average Bonchev–Trinajstić information content (AvgIpc) is 2.16. The average molecular weight is 267 g/mol. The molecule has 1 heterocycles. The van der Waals surface area contributed by atoms with E-state index in [2.05, 4.69) is 20.9 Å². The van der Waals surface area contributed by atoms with Gasteiger partial charge >= 0.3 is 0 Å². The van der Waals surface area contributed by atoms with E-state index in [1.807, 2.05) is 0 Å².